The third-order valence-corrected chi connectivity index (χ3v) is 6.29. The smallest absolute Gasteiger partial charge is 0.259 e. The van der Waals surface area contributed by atoms with Crippen molar-refractivity contribution < 1.29 is 0 Å². The summed E-state index contributed by atoms with van der Waals surface area (Å²) in [5.74, 6) is 0.772. The van der Waals surface area contributed by atoms with E-state index in [1.165, 1.54) is 10.6 Å². The first-order chi connectivity index (χ1) is 12.6. The molecule has 3 heterocycles. The van der Waals surface area contributed by atoms with E-state index in [4.69, 9.17) is 0 Å². The molecular weight excluding hydrogens is 344 g/mol. The first-order valence-electron chi connectivity index (χ1n) is 9.14. The lowest BCUT2D eigenvalue weighted by Crippen LogP contribution is -2.34. The van der Waals surface area contributed by atoms with E-state index in [0.29, 0.717) is 6.04 Å². The van der Waals surface area contributed by atoms with Crippen molar-refractivity contribution in [2.75, 3.05) is 24.5 Å². The number of nitrogens with one attached hydrogen (secondary N) is 2. The molecule has 0 radical (unpaired) electrons. The maximum atomic E-state index is 12.3. The Bertz CT molecular complexity index is 963. The molecule has 0 aliphatic carbocycles. The zero-order chi connectivity index (χ0) is 18.1. The van der Waals surface area contributed by atoms with Crippen molar-refractivity contribution in [3.8, 4) is 0 Å². The van der Waals surface area contributed by atoms with Crippen LogP contribution in [0.1, 0.15) is 22.7 Å². The first-order valence-corrected chi connectivity index (χ1v) is 9.96. The van der Waals surface area contributed by atoms with Gasteiger partial charge >= 0.3 is 0 Å². The van der Waals surface area contributed by atoms with E-state index in [9.17, 15) is 4.79 Å². The molecule has 3 aromatic rings. The maximum absolute atomic E-state index is 12.3. The monoisotopic (exact) mass is 368 g/mol. The Hall–Kier alpha value is -2.18. The molecule has 136 valence electrons. The van der Waals surface area contributed by atoms with Gasteiger partial charge in [0, 0.05) is 42.7 Å². The van der Waals surface area contributed by atoms with Crippen LogP contribution in [0.5, 0.6) is 0 Å². The van der Waals surface area contributed by atoms with Crippen LogP contribution >= 0.6 is 11.3 Å². The molecule has 1 aromatic carbocycles. The number of fused-ring (bicyclic) bond motifs is 1. The summed E-state index contributed by atoms with van der Waals surface area (Å²) in [5.41, 5.74) is 2.33. The average molecular weight is 369 g/mol. The molecule has 6 heteroatoms. The lowest BCUT2D eigenvalue weighted by atomic mass is 10.2. The molecule has 1 unspecified atom stereocenters. The van der Waals surface area contributed by atoms with E-state index in [2.05, 4.69) is 50.5 Å². The lowest BCUT2D eigenvalue weighted by Gasteiger charge is -2.19. The van der Waals surface area contributed by atoms with Gasteiger partial charge in [-0.05, 0) is 38.0 Å². The van der Waals surface area contributed by atoms with Gasteiger partial charge in [-0.15, -0.1) is 11.3 Å². The predicted octanol–water partition coefficient (Wildman–Crippen LogP) is 3.01. The average Bonchev–Trinajstić information content (AvgIpc) is 3.21. The van der Waals surface area contributed by atoms with Crippen LogP contribution in [0.2, 0.25) is 0 Å². The third kappa shape index (κ3) is 3.39. The van der Waals surface area contributed by atoms with E-state index in [0.717, 1.165) is 54.1 Å². The van der Waals surface area contributed by atoms with Crippen molar-refractivity contribution in [2.45, 2.75) is 32.7 Å². The van der Waals surface area contributed by atoms with Gasteiger partial charge in [-0.25, -0.2) is 4.98 Å². The number of thiophene rings is 1. The second-order valence-electron chi connectivity index (χ2n) is 6.95. The van der Waals surface area contributed by atoms with Crippen LogP contribution in [0.15, 0.2) is 35.1 Å². The highest BCUT2D eigenvalue weighted by atomic mass is 32.1. The Labute approximate surface area is 157 Å². The number of hydrogen-bond acceptors (Lipinski definition) is 5. The van der Waals surface area contributed by atoms with Gasteiger partial charge in [-0.1, -0.05) is 18.2 Å². The predicted molar refractivity (Wildman–Crippen MR) is 108 cm³/mol. The number of aromatic nitrogens is 2. The summed E-state index contributed by atoms with van der Waals surface area (Å²) < 4.78 is 0. The van der Waals surface area contributed by atoms with Gasteiger partial charge in [0.1, 0.15) is 10.7 Å². The van der Waals surface area contributed by atoms with Gasteiger partial charge in [-0.2, -0.15) is 0 Å². The molecule has 1 aliphatic rings. The number of nitrogens with zero attached hydrogens (tertiary/aromatic N) is 2. The van der Waals surface area contributed by atoms with Crippen LogP contribution < -0.4 is 15.8 Å². The van der Waals surface area contributed by atoms with Crippen LogP contribution in [-0.4, -0.2) is 35.6 Å². The molecule has 0 spiro atoms. The minimum atomic E-state index is -0.0111. The SMILES string of the molecule is Cc1sc2nc(CCNC3CCN(c4ccccc4)C3)[nH]c(=O)c2c1C. The molecule has 26 heavy (non-hydrogen) atoms. The molecule has 5 nitrogen and oxygen atoms in total. The van der Waals surface area contributed by atoms with Gasteiger partial charge in [0.05, 0.1) is 5.39 Å². The second kappa shape index (κ2) is 7.21. The third-order valence-electron chi connectivity index (χ3n) is 5.19. The molecule has 2 aromatic heterocycles. The van der Waals surface area contributed by atoms with Crippen molar-refractivity contribution in [2.24, 2.45) is 0 Å². The zero-order valence-corrected chi connectivity index (χ0v) is 16.0. The molecular formula is C20H24N4OS. The van der Waals surface area contributed by atoms with Crippen LogP contribution in [0, 0.1) is 13.8 Å². The highest BCUT2D eigenvalue weighted by molar-refractivity contribution is 7.18. The summed E-state index contributed by atoms with van der Waals surface area (Å²) in [6.07, 6.45) is 1.88. The number of aryl methyl sites for hydroxylation is 2. The maximum Gasteiger partial charge on any atom is 0.259 e. The van der Waals surface area contributed by atoms with E-state index >= 15 is 0 Å². The van der Waals surface area contributed by atoms with Gasteiger partial charge in [0.15, 0.2) is 0 Å². The summed E-state index contributed by atoms with van der Waals surface area (Å²) in [5, 5.41) is 4.36. The summed E-state index contributed by atoms with van der Waals surface area (Å²) in [7, 11) is 0. The van der Waals surface area contributed by atoms with Gasteiger partial charge in [-0.3, -0.25) is 4.79 Å². The Morgan fingerprint density at radius 2 is 2.12 bits per heavy atom. The zero-order valence-electron chi connectivity index (χ0n) is 15.2. The fourth-order valence-electron chi connectivity index (χ4n) is 3.61. The van der Waals surface area contributed by atoms with Crippen LogP contribution in [0.3, 0.4) is 0 Å². The minimum Gasteiger partial charge on any atom is -0.370 e. The molecule has 1 saturated heterocycles. The molecule has 0 amide bonds. The molecule has 1 fully saturated rings. The summed E-state index contributed by atoms with van der Waals surface area (Å²) in [6, 6.07) is 11.0. The van der Waals surface area contributed by atoms with Crippen molar-refractivity contribution in [3.63, 3.8) is 0 Å². The first kappa shape index (κ1) is 17.2. The van der Waals surface area contributed by atoms with E-state index in [-0.39, 0.29) is 5.56 Å². The van der Waals surface area contributed by atoms with Gasteiger partial charge < -0.3 is 15.2 Å². The van der Waals surface area contributed by atoms with E-state index in [1.54, 1.807) is 11.3 Å². The number of para-hydroxylation sites is 1. The van der Waals surface area contributed by atoms with Crippen LogP contribution in [0.25, 0.3) is 10.2 Å². The Balaban J connectivity index is 1.35. The molecule has 1 atom stereocenters. The molecule has 0 saturated carbocycles. The summed E-state index contributed by atoms with van der Waals surface area (Å²) >= 11 is 1.61. The quantitative estimate of drug-likeness (QED) is 0.727. The number of H-pyrrole nitrogens is 1. The van der Waals surface area contributed by atoms with Crippen molar-refractivity contribution >= 4 is 27.2 Å². The number of hydrogen-bond donors (Lipinski definition) is 2. The van der Waals surface area contributed by atoms with Crippen LogP contribution in [0.4, 0.5) is 5.69 Å². The van der Waals surface area contributed by atoms with E-state index in [1.807, 2.05) is 13.8 Å². The normalized spacial score (nSPS) is 17.3. The summed E-state index contributed by atoms with van der Waals surface area (Å²) in [4.78, 5) is 24.4. The number of aromatic amines is 1. The van der Waals surface area contributed by atoms with Crippen molar-refractivity contribution in [1.82, 2.24) is 15.3 Å². The molecule has 0 bridgehead atoms. The standard InChI is InChI=1S/C20H24N4OS/c1-13-14(2)26-20-18(13)19(25)22-17(23-20)8-10-21-15-9-11-24(12-15)16-6-4-3-5-7-16/h3-7,15,21H,8-12H2,1-2H3,(H,22,23,25). The largest absolute Gasteiger partial charge is 0.370 e. The molecule has 4 rings (SSSR count). The minimum absolute atomic E-state index is 0.0111. The van der Waals surface area contributed by atoms with Gasteiger partial charge in [0.2, 0.25) is 0 Å². The van der Waals surface area contributed by atoms with Gasteiger partial charge in [0.25, 0.3) is 5.56 Å². The highest BCUT2D eigenvalue weighted by Gasteiger charge is 2.22. The topological polar surface area (TPSA) is 61.0 Å². The Morgan fingerprint density at radius 3 is 2.92 bits per heavy atom. The van der Waals surface area contributed by atoms with Crippen molar-refractivity contribution in [1.29, 1.82) is 0 Å². The van der Waals surface area contributed by atoms with E-state index < -0.39 is 0 Å². The molecule has 1 aliphatic heterocycles. The highest BCUT2D eigenvalue weighted by Crippen LogP contribution is 2.25. The number of benzene rings is 1. The number of anilines is 1. The number of rotatable bonds is 5. The lowest BCUT2D eigenvalue weighted by molar-refractivity contribution is 0.549. The summed E-state index contributed by atoms with van der Waals surface area (Å²) in [6.45, 7) is 6.96. The fraction of sp³-hybridized carbons (Fsp3) is 0.400. The Morgan fingerprint density at radius 1 is 1.31 bits per heavy atom. The second-order valence-corrected chi connectivity index (χ2v) is 8.15. The van der Waals surface area contributed by atoms with Crippen molar-refractivity contribution in [3.05, 3.63) is 57.0 Å². The fourth-order valence-corrected chi connectivity index (χ4v) is 4.66. The van der Waals surface area contributed by atoms with Crippen LogP contribution in [-0.2, 0) is 6.42 Å². The molecule has 2 N–H and O–H groups in total. The Kier molecular flexibility index (Phi) is 4.78.